The van der Waals surface area contributed by atoms with Gasteiger partial charge in [0.05, 0.1) is 33.4 Å². The first-order valence-corrected chi connectivity index (χ1v) is 14.4. The van der Waals surface area contributed by atoms with Crippen molar-refractivity contribution in [3.63, 3.8) is 0 Å². The number of aryl methyl sites for hydroxylation is 1. The monoisotopic (exact) mass is 584 g/mol. The number of nitrogens with zero attached hydrogens (tertiary/aromatic N) is 2. The highest BCUT2D eigenvalue weighted by Crippen LogP contribution is 2.43. The molecule has 3 heterocycles. The quantitative estimate of drug-likeness (QED) is 0.231. The molecular formula is C32H22Cl2N2O3S. The van der Waals surface area contributed by atoms with E-state index in [-0.39, 0.29) is 11.6 Å². The lowest BCUT2D eigenvalue weighted by Crippen LogP contribution is -2.38. The Kier molecular flexibility index (Phi) is 6.27. The highest BCUT2D eigenvalue weighted by atomic mass is 35.5. The Hall–Kier alpha value is -3.84. The van der Waals surface area contributed by atoms with Crippen LogP contribution in [-0.2, 0) is 6.42 Å². The number of allylic oxidation sites excluding steroid dienone is 1. The molecule has 7 rings (SSSR count). The zero-order valence-corrected chi connectivity index (χ0v) is 23.7. The highest BCUT2D eigenvalue weighted by Gasteiger charge is 2.34. The van der Waals surface area contributed by atoms with Crippen LogP contribution in [0.3, 0.4) is 0 Å². The fraction of sp³-hybridized carbons (Fsp3) is 0.125. The number of rotatable bonds is 4. The van der Waals surface area contributed by atoms with E-state index in [1.54, 1.807) is 25.3 Å². The number of ether oxygens (including phenoxy) is 1. The van der Waals surface area contributed by atoms with Gasteiger partial charge in [-0.3, -0.25) is 9.36 Å². The third-order valence-electron chi connectivity index (χ3n) is 7.41. The van der Waals surface area contributed by atoms with Crippen LogP contribution in [0.15, 0.2) is 98.6 Å². The van der Waals surface area contributed by atoms with Crippen LogP contribution in [0.5, 0.6) is 5.75 Å². The van der Waals surface area contributed by atoms with Crippen LogP contribution in [0, 0.1) is 0 Å². The van der Waals surface area contributed by atoms with Gasteiger partial charge in [-0.25, -0.2) is 4.99 Å². The van der Waals surface area contributed by atoms with Gasteiger partial charge in [0.25, 0.3) is 5.56 Å². The number of methoxy groups -OCH3 is 1. The molecule has 0 bridgehead atoms. The fourth-order valence-electron chi connectivity index (χ4n) is 5.56. The lowest BCUT2D eigenvalue weighted by molar-refractivity contribution is 0.402. The van der Waals surface area contributed by atoms with Crippen LogP contribution in [0.1, 0.15) is 34.9 Å². The third kappa shape index (κ3) is 4.15. The second kappa shape index (κ2) is 9.97. The van der Waals surface area contributed by atoms with E-state index in [0.717, 1.165) is 46.6 Å². The first-order chi connectivity index (χ1) is 19.5. The minimum atomic E-state index is -0.318. The van der Waals surface area contributed by atoms with Crippen molar-refractivity contribution in [2.24, 2.45) is 4.99 Å². The number of hydrogen-bond donors (Lipinski definition) is 0. The van der Waals surface area contributed by atoms with Crippen LogP contribution in [0.25, 0.3) is 23.1 Å². The van der Waals surface area contributed by atoms with Gasteiger partial charge in [0.1, 0.15) is 17.3 Å². The summed E-state index contributed by atoms with van der Waals surface area (Å²) in [5.41, 5.74) is 6.11. The predicted octanol–water partition coefficient (Wildman–Crippen LogP) is 6.89. The van der Waals surface area contributed by atoms with Gasteiger partial charge in [-0.1, -0.05) is 77.0 Å². The maximum Gasteiger partial charge on any atom is 0.271 e. The number of fused-ring (bicyclic) bond motifs is 3. The predicted molar refractivity (Wildman–Crippen MR) is 160 cm³/mol. The summed E-state index contributed by atoms with van der Waals surface area (Å²) < 4.78 is 14.2. The Balaban J connectivity index is 1.41. The Morgan fingerprint density at radius 2 is 1.82 bits per heavy atom. The average Bonchev–Trinajstić information content (AvgIpc) is 3.57. The van der Waals surface area contributed by atoms with Gasteiger partial charge in [-0.2, -0.15) is 0 Å². The number of thiazole rings is 1. The van der Waals surface area contributed by atoms with Gasteiger partial charge in [0, 0.05) is 22.8 Å². The van der Waals surface area contributed by atoms with E-state index in [1.165, 1.54) is 16.9 Å². The Bertz CT molecular complexity index is 2020. The molecule has 3 aromatic carbocycles. The Labute approximate surface area is 243 Å². The van der Waals surface area contributed by atoms with Crippen molar-refractivity contribution in [3.8, 4) is 17.1 Å². The van der Waals surface area contributed by atoms with E-state index in [2.05, 4.69) is 18.2 Å². The van der Waals surface area contributed by atoms with E-state index >= 15 is 0 Å². The van der Waals surface area contributed by atoms with E-state index < -0.39 is 0 Å². The molecule has 0 N–H and O–H groups in total. The summed E-state index contributed by atoms with van der Waals surface area (Å²) >= 11 is 13.6. The number of furan rings is 1. The summed E-state index contributed by atoms with van der Waals surface area (Å²) in [5.74, 6) is 1.94. The molecule has 0 fully saturated rings. The SMILES string of the molecule is COc1ccccc1[C@@H]1C2=C(N=c3s/c(=C/c4ccc(-c5ccc(Cl)c(Cl)c5)o4)c(=O)n31)c1ccccc1CC2. The number of hydrogen-bond acceptors (Lipinski definition) is 5. The molecule has 5 nitrogen and oxygen atoms in total. The topological polar surface area (TPSA) is 56.7 Å². The number of aromatic nitrogens is 1. The molecule has 40 heavy (non-hydrogen) atoms. The molecule has 5 aromatic rings. The van der Waals surface area contributed by atoms with Crippen LogP contribution >= 0.6 is 34.5 Å². The largest absolute Gasteiger partial charge is 0.496 e. The molecule has 0 saturated carbocycles. The lowest BCUT2D eigenvalue weighted by atomic mass is 9.83. The van der Waals surface area contributed by atoms with E-state index in [0.29, 0.717) is 30.9 Å². The van der Waals surface area contributed by atoms with Crippen molar-refractivity contribution in [1.82, 2.24) is 4.57 Å². The molecule has 8 heteroatoms. The first kappa shape index (κ1) is 25.1. The maximum atomic E-state index is 14.0. The lowest BCUT2D eigenvalue weighted by Gasteiger charge is -2.31. The zero-order chi connectivity index (χ0) is 27.4. The minimum Gasteiger partial charge on any atom is -0.496 e. The van der Waals surface area contributed by atoms with Crippen LogP contribution in [0.4, 0.5) is 0 Å². The van der Waals surface area contributed by atoms with Crippen molar-refractivity contribution < 1.29 is 9.15 Å². The van der Waals surface area contributed by atoms with Crippen molar-refractivity contribution >= 4 is 46.3 Å². The van der Waals surface area contributed by atoms with E-state index in [9.17, 15) is 4.79 Å². The van der Waals surface area contributed by atoms with Crippen molar-refractivity contribution in [3.05, 3.63) is 137 Å². The van der Waals surface area contributed by atoms with Gasteiger partial charge >= 0.3 is 0 Å². The standard InChI is InChI=1S/C32H22Cl2N2O3S/c1-38-27-9-5-4-8-22(27)30-23-13-10-18-6-2-3-7-21(18)29(23)35-32-36(30)31(37)28(40-32)17-20-12-15-26(39-20)19-11-14-24(33)25(34)16-19/h2-9,11-12,14-17,30H,10,13H2,1H3/b28-17+/t30-/m1/s1. The summed E-state index contributed by atoms with van der Waals surface area (Å²) in [4.78, 5) is 19.8. The number of para-hydroxylation sites is 1. The van der Waals surface area contributed by atoms with Gasteiger partial charge in [-0.15, -0.1) is 0 Å². The molecule has 0 saturated heterocycles. The summed E-state index contributed by atoms with van der Waals surface area (Å²) in [6.07, 6.45) is 3.49. The molecule has 2 aromatic heterocycles. The molecular weight excluding hydrogens is 563 g/mol. The van der Waals surface area contributed by atoms with Crippen molar-refractivity contribution in [2.75, 3.05) is 7.11 Å². The van der Waals surface area contributed by atoms with E-state index in [1.807, 2.05) is 53.1 Å². The molecule has 0 spiro atoms. The molecule has 0 amide bonds. The molecule has 1 atom stereocenters. The summed E-state index contributed by atoms with van der Waals surface area (Å²) in [6, 6.07) is 25.0. The maximum absolute atomic E-state index is 14.0. The van der Waals surface area contributed by atoms with Crippen LogP contribution in [-0.4, -0.2) is 11.7 Å². The average molecular weight is 586 g/mol. The second-order valence-electron chi connectivity index (χ2n) is 9.69. The zero-order valence-electron chi connectivity index (χ0n) is 21.4. The van der Waals surface area contributed by atoms with Gasteiger partial charge < -0.3 is 9.15 Å². The summed E-state index contributed by atoms with van der Waals surface area (Å²) in [6.45, 7) is 0. The molecule has 0 unspecified atom stereocenters. The number of benzene rings is 3. The number of halogens is 2. The van der Waals surface area contributed by atoms with Crippen molar-refractivity contribution in [2.45, 2.75) is 18.9 Å². The smallest absolute Gasteiger partial charge is 0.271 e. The molecule has 2 aliphatic rings. The Morgan fingerprint density at radius 3 is 2.67 bits per heavy atom. The molecule has 1 aliphatic heterocycles. The highest BCUT2D eigenvalue weighted by molar-refractivity contribution is 7.07. The molecule has 0 radical (unpaired) electrons. The fourth-order valence-corrected chi connectivity index (χ4v) is 6.83. The van der Waals surface area contributed by atoms with Crippen LogP contribution < -0.4 is 19.6 Å². The molecule has 198 valence electrons. The van der Waals surface area contributed by atoms with Crippen LogP contribution in [0.2, 0.25) is 10.0 Å². The second-order valence-corrected chi connectivity index (χ2v) is 11.5. The molecule has 1 aliphatic carbocycles. The summed E-state index contributed by atoms with van der Waals surface area (Å²) in [5, 5.41) is 0.931. The van der Waals surface area contributed by atoms with Crippen molar-refractivity contribution in [1.29, 1.82) is 0 Å². The van der Waals surface area contributed by atoms with Gasteiger partial charge in [0.2, 0.25) is 0 Å². The van der Waals surface area contributed by atoms with E-state index in [4.69, 9.17) is 37.3 Å². The van der Waals surface area contributed by atoms with Gasteiger partial charge in [0.15, 0.2) is 4.80 Å². The normalized spacial score (nSPS) is 16.3. The minimum absolute atomic E-state index is 0.113. The Morgan fingerprint density at radius 1 is 1.00 bits per heavy atom. The third-order valence-corrected chi connectivity index (χ3v) is 9.13. The van der Waals surface area contributed by atoms with Gasteiger partial charge in [-0.05, 0) is 60.4 Å². The summed E-state index contributed by atoms with van der Waals surface area (Å²) in [7, 11) is 1.66. The first-order valence-electron chi connectivity index (χ1n) is 12.8.